The number of halogens is 2. The second-order valence-corrected chi connectivity index (χ2v) is 5.55. The van der Waals surface area contributed by atoms with Gasteiger partial charge in [-0.1, -0.05) is 23.2 Å². The van der Waals surface area contributed by atoms with Crippen molar-refractivity contribution in [3.05, 3.63) is 28.2 Å². The molecular formula is C12H10Cl2N2O2. The number of carbonyl (C=O) groups is 2. The molecule has 0 radical (unpaired) electrons. The van der Waals surface area contributed by atoms with Crippen LogP contribution < -0.4 is 10.2 Å². The molecule has 1 aromatic carbocycles. The van der Waals surface area contributed by atoms with Gasteiger partial charge in [0.15, 0.2) is 0 Å². The Morgan fingerprint density at radius 2 is 1.72 bits per heavy atom. The van der Waals surface area contributed by atoms with E-state index in [1.165, 1.54) is 4.90 Å². The van der Waals surface area contributed by atoms with Gasteiger partial charge in [0.1, 0.15) is 0 Å². The molecule has 1 saturated carbocycles. The van der Waals surface area contributed by atoms with Crippen molar-refractivity contribution in [3.8, 4) is 0 Å². The van der Waals surface area contributed by atoms with Gasteiger partial charge in [-0.25, -0.2) is 0 Å². The zero-order valence-corrected chi connectivity index (χ0v) is 10.9. The third-order valence-corrected chi connectivity index (χ3v) is 3.82. The quantitative estimate of drug-likeness (QED) is 0.802. The molecule has 0 unspecified atom stereocenters. The lowest BCUT2D eigenvalue weighted by Crippen LogP contribution is -2.60. The molecule has 0 aromatic heterocycles. The number of amides is 2. The molecule has 3 rings (SSSR count). The van der Waals surface area contributed by atoms with Gasteiger partial charge in [-0.05, 0) is 31.0 Å². The normalized spacial score (nSPS) is 21.1. The van der Waals surface area contributed by atoms with E-state index in [9.17, 15) is 9.59 Å². The lowest BCUT2D eigenvalue weighted by atomic mass is 10.1. The monoisotopic (exact) mass is 284 g/mol. The highest BCUT2D eigenvalue weighted by Gasteiger charge is 2.55. The van der Waals surface area contributed by atoms with Crippen LogP contribution in [-0.2, 0) is 9.59 Å². The van der Waals surface area contributed by atoms with Crippen LogP contribution in [0.1, 0.15) is 12.8 Å². The minimum Gasteiger partial charge on any atom is -0.345 e. The number of rotatable bonds is 1. The summed E-state index contributed by atoms with van der Waals surface area (Å²) in [5.41, 5.74) is 0.309. The summed E-state index contributed by atoms with van der Waals surface area (Å²) in [6.07, 6.45) is 1.76. The highest BCUT2D eigenvalue weighted by atomic mass is 35.5. The fraction of sp³-hybridized carbons (Fsp3) is 0.333. The smallest absolute Gasteiger partial charge is 0.316 e. The topological polar surface area (TPSA) is 49.4 Å². The first-order chi connectivity index (χ1) is 8.52. The molecule has 1 spiro atoms. The maximum Gasteiger partial charge on any atom is 0.316 e. The molecule has 2 amide bonds. The fourth-order valence-electron chi connectivity index (χ4n) is 2.32. The number of piperazine rings is 1. The van der Waals surface area contributed by atoms with E-state index in [0.717, 1.165) is 12.8 Å². The number of carbonyl (C=O) groups excluding carboxylic acids is 2. The highest BCUT2D eigenvalue weighted by molar-refractivity contribution is 6.42. The molecule has 6 heteroatoms. The standard InChI is InChI=1S/C12H10Cl2N2O2/c13-7-3-8(14)5-9(4-7)16-11(18)10(17)15-6-12(16)1-2-12/h3-5H,1-2,6H2,(H,15,17). The molecular weight excluding hydrogens is 275 g/mol. The molecule has 0 atom stereocenters. The number of nitrogens with zero attached hydrogens (tertiary/aromatic N) is 1. The Hall–Kier alpha value is -1.26. The van der Waals surface area contributed by atoms with Gasteiger partial charge in [0.2, 0.25) is 0 Å². The number of hydrogen-bond acceptors (Lipinski definition) is 2. The van der Waals surface area contributed by atoms with Crippen LogP contribution in [0.2, 0.25) is 10.0 Å². The highest BCUT2D eigenvalue weighted by Crippen LogP contribution is 2.46. The van der Waals surface area contributed by atoms with Crippen LogP contribution in [-0.4, -0.2) is 23.9 Å². The zero-order chi connectivity index (χ0) is 12.9. The predicted molar refractivity (Wildman–Crippen MR) is 68.9 cm³/mol. The van der Waals surface area contributed by atoms with Gasteiger partial charge in [0.25, 0.3) is 0 Å². The van der Waals surface area contributed by atoms with Crippen LogP contribution in [0.4, 0.5) is 5.69 Å². The third-order valence-electron chi connectivity index (χ3n) is 3.38. The lowest BCUT2D eigenvalue weighted by Gasteiger charge is -2.35. The van der Waals surface area contributed by atoms with E-state index in [4.69, 9.17) is 23.2 Å². The van der Waals surface area contributed by atoms with Crippen molar-refractivity contribution in [1.29, 1.82) is 0 Å². The number of hydrogen-bond donors (Lipinski definition) is 1. The number of benzene rings is 1. The van der Waals surface area contributed by atoms with E-state index < -0.39 is 11.8 Å². The lowest BCUT2D eigenvalue weighted by molar-refractivity contribution is -0.139. The summed E-state index contributed by atoms with van der Waals surface area (Å²) in [5.74, 6) is -1.12. The van der Waals surface area contributed by atoms with Gasteiger partial charge < -0.3 is 5.32 Å². The molecule has 2 fully saturated rings. The first-order valence-corrected chi connectivity index (χ1v) is 6.36. The Balaban J connectivity index is 2.07. The number of nitrogens with one attached hydrogen (secondary N) is 1. The van der Waals surface area contributed by atoms with Crippen molar-refractivity contribution < 1.29 is 9.59 Å². The first-order valence-electron chi connectivity index (χ1n) is 5.60. The van der Waals surface area contributed by atoms with E-state index in [1.807, 2.05) is 0 Å². The largest absolute Gasteiger partial charge is 0.345 e. The minimum atomic E-state index is -0.580. The van der Waals surface area contributed by atoms with Crippen molar-refractivity contribution in [2.24, 2.45) is 0 Å². The summed E-state index contributed by atoms with van der Waals surface area (Å²) >= 11 is 11.9. The van der Waals surface area contributed by atoms with Crippen LogP contribution in [0, 0.1) is 0 Å². The molecule has 94 valence electrons. The van der Waals surface area contributed by atoms with Crippen LogP contribution in [0.15, 0.2) is 18.2 Å². The summed E-state index contributed by atoms with van der Waals surface area (Å²) in [7, 11) is 0. The molecule has 1 heterocycles. The van der Waals surface area contributed by atoms with Gasteiger partial charge in [0, 0.05) is 22.3 Å². The molecule has 18 heavy (non-hydrogen) atoms. The molecule has 1 saturated heterocycles. The maximum atomic E-state index is 12.0. The third kappa shape index (κ3) is 1.76. The second-order valence-electron chi connectivity index (χ2n) is 4.68. The maximum absolute atomic E-state index is 12.0. The van der Waals surface area contributed by atoms with Crippen LogP contribution >= 0.6 is 23.2 Å². The van der Waals surface area contributed by atoms with Crippen LogP contribution in [0.5, 0.6) is 0 Å². The van der Waals surface area contributed by atoms with Gasteiger partial charge in [-0.15, -0.1) is 0 Å². The summed E-state index contributed by atoms with van der Waals surface area (Å²) in [6.45, 7) is 0.488. The average Bonchev–Trinajstić information content (AvgIpc) is 3.04. The Morgan fingerprint density at radius 1 is 1.11 bits per heavy atom. The van der Waals surface area contributed by atoms with Crippen molar-refractivity contribution in [3.63, 3.8) is 0 Å². The summed E-state index contributed by atoms with van der Waals surface area (Å²) in [4.78, 5) is 25.1. The van der Waals surface area contributed by atoms with Crippen molar-refractivity contribution in [2.45, 2.75) is 18.4 Å². The Kier molecular flexibility index (Phi) is 2.54. The SMILES string of the molecule is O=C1NCC2(CC2)N(c2cc(Cl)cc(Cl)c2)C1=O. The van der Waals surface area contributed by atoms with Gasteiger partial charge in [0.05, 0.1) is 5.54 Å². The minimum absolute atomic E-state index is 0.279. The van der Waals surface area contributed by atoms with Gasteiger partial charge in [-0.3, -0.25) is 14.5 Å². The molecule has 1 aromatic rings. The van der Waals surface area contributed by atoms with Gasteiger partial charge in [-0.2, -0.15) is 0 Å². The second kappa shape index (κ2) is 3.87. The molecule has 1 N–H and O–H groups in total. The van der Waals surface area contributed by atoms with E-state index in [1.54, 1.807) is 18.2 Å². The van der Waals surface area contributed by atoms with Crippen molar-refractivity contribution in [2.75, 3.05) is 11.4 Å². The van der Waals surface area contributed by atoms with E-state index >= 15 is 0 Å². The molecule has 0 bridgehead atoms. The van der Waals surface area contributed by atoms with Crippen molar-refractivity contribution in [1.82, 2.24) is 5.32 Å². The van der Waals surface area contributed by atoms with Gasteiger partial charge >= 0.3 is 11.8 Å². The average molecular weight is 285 g/mol. The van der Waals surface area contributed by atoms with E-state index in [-0.39, 0.29) is 5.54 Å². The van der Waals surface area contributed by atoms with Crippen LogP contribution in [0.25, 0.3) is 0 Å². The molecule has 1 aliphatic heterocycles. The zero-order valence-electron chi connectivity index (χ0n) is 9.37. The first kappa shape index (κ1) is 11.8. The van der Waals surface area contributed by atoms with E-state index in [0.29, 0.717) is 22.3 Å². The Labute approximate surface area is 114 Å². The fourth-order valence-corrected chi connectivity index (χ4v) is 2.84. The predicted octanol–water partition coefficient (Wildman–Crippen LogP) is 1.99. The van der Waals surface area contributed by atoms with Crippen molar-refractivity contribution >= 4 is 40.7 Å². The number of anilines is 1. The Bertz CT molecular complexity index is 535. The molecule has 2 aliphatic rings. The Morgan fingerprint density at radius 3 is 2.28 bits per heavy atom. The van der Waals surface area contributed by atoms with Crippen LogP contribution in [0.3, 0.4) is 0 Å². The molecule has 1 aliphatic carbocycles. The molecule has 4 nitrogen and oxygen atoms in total. The summed E-state index contributed by atoms with van der Waals surface area (Å²) in [5, 5.41) is 3.52. The summed E-state index contributed by atoms with van der Waals surface area (Å²) < 4.78 is 0. The van der Waals surface area contributed by atoms with E-state index in [2.05, 4.69) is 5.32 Å². The summed E-state index contributed by atoms with van der Waals surface area (Å²) in [6, 6.07) is 4.91.